The number of aliphatic hydroxyl groups excluding tert-OH is 17. The predicted octanol–water partition coefficient (Wildman–Crippen LogP) is -14.0. The molecule has 5 heterocycles. The van der Waals surface area contributed by atoms with Gasteiger partial charge in [0.25, 0.3) is 5.79 Å². The smallest absolute Gasteiger partial charge is 0.397 e. The van der Waals surface area contributed by atoms with Crippen molar-refractivity contribution >= 4 is 34.1 Å². The van der Waals surface area contributed by atoms with Gasteiger partial charge < -0.3 is 155 Å². The Kier molecular flexibility index (Phi) is 26.3. The largest absolute Gasteiger partial charge is 0.477 e. The monoisotopic (exact) mass is 1270 g/mol. The summed E-state index contributed by atoms with van der Waals surface area (Å²) >= 11 is 0. The third kappa shape index (κ3) is 17.5. The molecule has 0 aromatic heterocycles. The van der Waals surface area contributed by atoms with E-state index in [9.17, 15) is 124 Å². The fourth-order valence-electron chi connectivity index (χ4n) is 10.00. The van der Waals surface area contributed by atoms with Crippen molar-refractivity contribution in [1.82, 2.24) is 16.0 Å². The second kappa shape index (κ2) is 30.9. The normalized spacial score (nSPS) is 41.3. The summed E-state index contributed by atoms with van der Waals surface area (Å²) in [5.41, 5.74) is 0. The lowest BCUT2D eigenvalue weighted by Gasteiger charge is -2.51. The van der Waals surface area contributed by atoms with Crippen molar-refractivity contribution in [2.24, 2.45) is 0 Å². The van der Waals surface area contributed by atoms with E-state index >= 15 is 0 Å². The first kappa shape index (κ1) is 72.4. The van der Waals surface area contributed by atoms with Gasteiger partial charge in [-0.15, -0.1) is 0 Å². The fraction of sp³-hybridized carbons (Fsp3) is 0.911. The molecule has 0 radical (unpaired) electrons. The number of carboxylic acids is 1. The van der Waals surface area contributed by atoms with Crippen LogP contribution in [0.4, 0.5) is 0 Å². The van der Waals surface area contributed by atoms with Gasteiger partial charge in [0.05, 0.1) is 63.9 Å². The summed E-state index contributed by atoms with van der Waals surface area (Å²) in [4.78, 5) is 50.2. The first-order valence-electron chi connectivity index (χ1n) is 26.2. The third-order valence-electron chi connectivity index (χ3n) is 14.4. The van der Waals surface area contributed by atoms with E-state index in [1.54, 1.807) is 0 Å². The molecule has 39 nitrogen and oxygen atoms in total. The van der Waals surface area contributed by atoms with E-state index in [1.165, 1.54) is 6.92 Å². The van der Waals surface area contributed by atoms with Gasteiger partial charge in [0, 0.05) is 27.2 Å². The molecule has 0 aromatic rings. The topological polar surface area (TPSA) is 624 Å². The number of ether oxygens (including phenoxy) is 10. The van der Waals surface area contributed by atoms with Gasteiger partial charge in [0.1, 0.15) is 128 Å². The van der Waals surface area contributed by atoms with Crippen molar-refractivity contribution in [3.05, 3.63) is 0 Å². The fourth-order valence-corrected chi connectivity index (χ4v) is 10.3. The van der Waals surface area contributed by atoms with E-state index in [4.69, 9.17) is 47.4 Å². The highest BCUT2D eigenvalue weighted by atomic mass is 32.3. The highest BCUT2D eigenvalue weighted by Gasteiger charge is 2.61. The third-order valence-corrected chi connectivity index (χ3v) is 14.8. The van der Waals surface area contributed by atoms with Crippen molar-refractivity contribution in [2.45, 2.75) is 217 Å². The average Bonchev–Trinajstić information content (AvgIpc) is 1.79. The molecule has 0 spiro atoms. The average molecular weight is 1270 g/mol. The zero-order valence-electron chi connectivity index (χ0n) is 45.5. The predicted molar refractivity (Wildman–Crippen MR) is 262 cm³/mol. The lowest BCUT2D eigenvalue weighted by atomic mass is 9.88. The number of rotatable bonds is 27. The maximum atomic E-state index is 13.1. The second-order valence-electron chi connectivity index (χ2n) is 20.7. The van der Waals surface area contributed by atoms with Crippen LogP contribution in [0.1, 0.15) is 34.1 Å². The minimum absolute atomic E-state index is 0.864. The highest BCUT2D eigenvalue weighted by Crippen LogP contribution is 2.39. The molecule has 5 saturated heterocycles. The van der Waals surface area contributed by atoms with Crippen LogP contribution in [-0.2, 0) is 81.1 Å². The molecule has 494 valence electrons. The summed E-state index contributed by atoms with van der Waals surface area (Å²) in [7, 11) is -5.46. The van der Waals surface area contributed by atoms with Crippen LogP contribution in [0.5, 0.6) is 0 Å². The summed E-state index contributed by atoms with van der Waals surface area (Å²) in [5.74, 6) is -8.18. The molecule has 5 aliphatic rings. The number of carbonyl (C=O) groups excluding carboxylic acids is 3. The van der Waals surface area contributed by atoms with Gasteiger partial charge in [-0.1, -0.05) is 0 Å². The Morgan fingerprint density at radius 1 is 0.624 bits per heavy atom. The van der Waals surface area contributed by atoms with Crippen LogP contribution >= 0.6 is 0 Å². The van der Waals surface area contributed by atoms with E-state index in [-0.39, 0.29) is 0 Å². The van der Waals surface area contributed by atoms with Crippen molar-refractivity contribution < 1.29 is 176 Å². The number of aliphatic carboxylic acids is 1. The number of amides is 3. The second-order valence-corrected chi connectivity index (χ2v) is 21.8. The zero-order chi connectivity index (χ0) is 63.9. The number of aliphatic hydroxyl groups is 17. The quantitative estimate of drug-likeness (QED) is 0.0340. The van der Waals surface area contributed by atoms with E-state index in [0.29, 0.717) is 0 Å². The Morgan fingerprint density at radius 2 is 1.19 bits per heavy atom. The van der Waals surface area contributed by atoms with Crippen LogP contribution in [0.25, 0.3) is 0 Å². The Morgan fingerprint density at radius 3 is 1.74 bits per heavy atom. The van der Waals surface area contributed by atoms with Gasteiger partial charge >= 0.3 is 16.4 Å². The Balaban J connectivity index is 1.44. The van der Waals surface area contributed by atoms with Gasteiger partial charge in [0.15, 0.2) is 25.2 Å². The van der Waals surface area contributed by atoms with Gasteiger partial charge in [-0.25, -0.2) is 8.98 Å². The Labute approximate surface area is 481 Å². The molecular formula is C45H77N3O36S. The Hall–Kier alpha value is -3.33. The molecule has 5 rings (SSSR count). The minimum atomic E-state index is -5.46. The highest BCUT2D eigenvalue weighted by molar-refractivity contribution is 7.80. The van der Waals surface area contributed by atoms with Crippen molar-refractivity contribution in [2.75, 3.05) is 39.6 Å². The standard InChI is InChI=1S/C45H77N3O36S/c1-12-25(59)31(65)33(67)41(76-12)82-39-32(66)28(62)20(8-51)78-43(39)80-35(16(6-49)46-13(2)53)27(61)19(58)10-74-40-24(48-15(4)55)30(64)36(22(79-40)11-75-85(71,72)73)81-42-34(68)38(29(63)21(9-52)77-42)84-45(44(69)70)5-17(56)23(47-14(3)54)37(83-45)26(60)18(57)7-50/h12,16-43,49-52,56-68H,5-11H2,1-4H3,(H,46,53)(H,47,54)(H,48,55)(H,69,70)(H,71,72,73)/t12-,16-,17-,18+,19+,20+,21+,22+,23+,24+,25+,26+,27-,28-,29-,30+,31+,32-,33-,34+,35+,36+,37+,38-,39+,40+,41-,42-,43-,45-/m0/s1. The van der Waals surface area contributed by atoms with E-state index in [1.807, 2.05) is 0 Å². The molecule has 0 saturated carbocycles. The van der Waals surface area contributed by atoms with Crippen LogP contribution in [0.2, 0.25) is 0 Å². The SMILES string of the molecule is CC(=O)N[C@H]1[C@H](OC[C@@H](O)[C@H](O)[C@H](O[C@@H]2O[C@H](CO)[C@H](O)[C@H](O)[C@H]2O[C@@H]2O[C@@H](C)[C@@H](O)[C@@H](O)[C@@H]2O)[C@H](CO)NC(C)=O)O[C@H](COS(=O)(=O)O)[C@@H](O[C@@H]2O[C@H](CO)[C@H](O)[C@H](O[C@]3(C(=O)O)C[C@H](O)[C@@H](NC(C)=O)[C@H]([C@H](O)[C@H](O)CO)O3)[C@H]2O)[C@@H]1O. The van der Waals surface area contributed by atoms with Gasteiger partial charge in [-0.2, -0.15) is 8.42 Å². The van der Waals surface area contributed by atoms with Gasteiger partial charge in [0.2, 0.25) is 17.7 Å². The molecule has 5 fully saturated rings. The summed E-state index contributed by atoms with van der Waals surface area (Å²) in [6, 6.07) is -5.49. The van der Waals surface area contributed by atoms with Crippen molar-refractivity contribution in [3.63, 3.8) is 0 Å². The number of carbonyl (C=O) groups is 4. The number of carboxylic acid groups (broad SMARTS) is 1. The zero-order valence-corrected chi connectivity index (χ0v) is 46.4. The number of hydrogen-bond donors (Lipinski definition) is 22. The van der Waals surface area contributed by atoms with Gasteiger partial charge in [-0.3, -0.25) is 18.9 Å². The first-order valence-corrected chi connectivity index (χ1v) is 27.5. The van der Waals surface area contributed by atoms with Crippen molar-refractivity contribution in [1.29, 1.82) is 0 Å². The molecule has 0 aliphatic carbocycles. The molecule has 22 N–H and O–H groups in total. The Bertz CT molecular complexity index is 2290. The minimum Gasteiger partial charge on any atom is -0.477 e. The molecule has 0 unspecified atom stereocenters. The lowest BCUT2D eigenvalue weighted by molar-refractivity contribution is -0.383. The van der Waals surface area contributed by atoms with Crippen LogP contribution < -0.4 is 16.0 Å². The number of hydrogen-bond acceptors (Lipinski definition) is 34. The lowest BCUT2D eigenvalue weighted by Crippen LogP contribution is -2.71. The van der Waals surface area contributed by atoms with E-state index in [2.05, 4.69) is 20.1 Å². The summed E-state index contributed by atoms with van der Waals surface area (Å²) in [5, 5.41) is 201. The van der Waals surface area contributed by atoms with Crippen molar-refractivity contribution in [3.8, 4) is 0 Å². The maximum Gasteiger partial charge on any atom is 0.397 e. The summed E-state index contributed by atoms with van der Waals surface area (Å²) in [6.45, 7) is -3.12. The molecule has 30 atom stereocenters. The van der Waals surface area contributed by atoms with E-state index < -0.39 is 264 Å². The van der Waals surface area contributed by atoms with Gasteiger partial charge in [-0.05, 0) is 6.92 Å². The number of nitrogens with one attached hydrogen (secondary N) is 3. The molecule has 0 aromatic carbocycles. The summed E-state index contributed by atoms with van der Waals surface area (Å²) < 4.78 is 94.7. The van der Waals surface area contributed by atoms with Crippen LogP contribution in [0, 0.1) is 0 Å². The molecule has 85 heavy (non-hydrogen) atoms. The van der Waals surface area contributed by atoms with Crippen LogP contribution in [0.3, 0.4) is 0 Å². The van der Waals surface area contributed by atoms with Crippen LogP contribution in [-0.4, -0.2) is 352 Å². The molecule has 0 bridgehead atoms. The molecule has 5 aliphatic heterocycles. The first-order chi connectivity index (χ1) is 39.6. The molecule has 40 heteroatoms. The van der Waals surface area contributed by atoms with Crippen LogP contribution in [0.15, 0.2) is 0 Å². The summed E-state index contributed by atoms with van der Waals surface area (Å²) in [6.07, 6.45) is -56.1. The molecular weight excluding hydrogens is 1190 g/mol. The van der Waals surface area contributed by atoms with E-state index in [0.717, 1.165) is 20.8 Å². The maximum absolute atomic E-state index is 13.1. The molecule has 3 amide bonds.